The van der Waals surface area contributed by atoms with Crippen molar-refractivity contribution in [1.82, 2.24) is 14.1 Å². The summed E-state index contributed by atoms with van der Waals surface area (Å²) in [5.74, 6) is 0.697. The minimum atomic E-state index is -2.57. The van der Waals surface area contributed by atoms with Crippen molar-refractivity contribution in [1.29, 1.82) is 0 Å². The molecule has 73 heavy (non-hydrogen) atoms. The van der Waals surface area contributed by atoms with E-state index in [-0.39, 0.29) is 34.5 Å². The van der Waals surface area contributed by atoms with Gasteiger partial charge in [0.15, 0.2) is 0 Å². The standard InChI is InChI=1S/C65H48BN5O.Pt/c1-44-40-62(71-60-37-20-19-36-59(60)70-56-33-16-13-28-52(56)51-27-12-15-32-55(51)66(70)71)67-63(41-44)72-61-42-47(38-39-53(61)50-26-11-14-31-54(50)65(2,3)4)68-43-69(58-35-18-17-34-57(58)68)64-48(45-22-7-5-8-23-45)29-21-30-49(64)46-24-9-6-10-25-46;/h5-36,38-41H,1-4H3;/q-2;/i1D3,5D,7D,8D,22D,23D;. The number of para-hydroxylation sites is 5. The molecule has 0 saturated carbocycles. The Morgan fingerprint density at radius 2 is 1.27 bits per heavy atom. The number of aryl methyl sites for hydroxylation is 1. The molecule has 354 valence electrons. The number of ether oxygens (including phenoxy) is 1. The van der Waals surface area contributed by atoms with Gasteiger partial charge in [-0.25, -0.2) is 0 Å². The van der Waals surface area contributed by atoms with Crippen LogP contribution in [0, 0.1) is 22.8 Å². The summed E-state index contributed by atoms with van der Waals surface area (Å²) in [6.45, 7) is 3.46. The fourth-order valence-corrected chi connectivity index (χ4v) is 11.7. The van der Waals surface area contributed by atoms with E-state index in [1.54, 1.807) is 6.07 Å². The van der Waals surface area contributed by atoms with E-state index in [2.05, 4.69) is 113 Å². The summed E-state index contributed by atoms with van der Waals surface area (Å²) >= 11 is 2.29. The second kappa shape index (κ2) is 17.8. The van der Waals surface area contributed by atoms with Gasteiger partial charge >= 0.3 is 367 Å². The number of aromatic nitrogens is 3. The van der Waals surface area contributed by atoms with Crippen molar-refractivity contribution in [2.45, 2.75) is 33.0 Å². The molecule has 13 rings (SSSR count). The molecule has 6 nitrogen and oxygen atoms in total. The van der Waals surface area contributed by atoms with Crippen LogP contribution in [0.4, 0.5) is 22.9 Å². The van der Waals surface area contributed by atoms with Crippen LogP contribution in [0.3, 0.4) is 0 Å². The number of pyridine rings is 1. The summed E-state index contributed by atoms with van der Waals surface area (Å²) < 4.78 is 83.0. The molecule has 0 fully saturated rings. The van der Waals surface area contributed by atoms with Crippen molar-refractivity contribution >= 4 is 46.4 Å². The molecule has 9 aromatic carbocycles. The average molecular weight is 1130 g/mol. The first-order valence-electron chi connectivity index (χ1n) is 28.1. The molecule has 4 heterocycles. The SMILES string of the molecule is [2H]c1c([2H])c([2H])c(-c2cccc(-c3ccccc3)c2-n2[c](=[Pt])n(-c3[c-]c(Oc4cc(C([2H])([2H])[2H])cc(N5B6c7ccccc7-c7ccccc7N6c6ccc[c-]c65)n4)c(-c4ccccc4C(C)(C)C)cc3)c3ccccc32)c([2H])c1[2H]. The van der Waals surface area contributed by atoms with Gasteiger partial charge in [-0.3, -0.25) is 0 Å². The van der Waals surface area contributed by atoms with Crippen LogP contribution in [0.2, 0.25) is 0 Å². The third kappa shape index (κ3) is 7.52. The third-order valence-corrected chi connectivity index (χ3v) is 14.7. The second-order valence-corrected chi connectivity index (χ2v) is 20.1. The molecule has 11 aromatic rings. The van der Waals surface area contributed by atoms with Gasteiger partial charge in [0.2, 0.25) is 0 Å². The van der Waals surface area contributed by atoms with E-state index in [0.29, 0.717) is 37.9 Å². The number of nitrogens with zero attached hydrogens (tertiary/aromatic N) is 5. The van der Waals surface area contributed by atoms with E-state index in [1.165, 1.54) is 6.07 Å². The van der Waals surface area contributed by atoms with Gasteiger partial charge in [-0.15, -0.1) is 6.07 Å². The van der Waals surface area contributed by atoms with Crippen LogP contribution in [-0.4, -0.2) is 21.1 Å². The minimum absolute atomic E-state index is 0.0369. The molecule has 0 spiro atoms. The van der Waals surface area contributed by atoms with Crippen molar-refractivity contribution in [3.63, 3.8) is 0 Å². The Labute approximate surface area is 448 Å². The zero-order chi connectivity index (χ0) is 56.2. The van der Waals surface area contributed by atoms with Gasteiger partial charge in [0.1, 0.15) is 0 Å². The Bertz CT molecular complexity index is 4410. The van der Waals surface area contributed by atoms with E-state index in [1.807, 2.05) is 133 Å². The van der Waals surface area contributed by atoms with Gasteiger partial charge in [0, 0.05) is 11.3 Å². The Kier molecular flexibility index (Phi) is 8.94. The summed E-state index contributed by atoms with van der Waals surface area (Å²) in [5, 5.41) is 0. The number of hydrogen-bond acceptors (Lipinski definition) is 4. The number of benzene rings is 9. The van der Waals surface area contributed by atoms with Crippen molar-refractivity contribution in [2.24, 2.45) is 0 Å². The van der Waals surface area contributed by atoms with Crippen molar-refractivity contribution < 1.29 is 35.1 Å². The number of imidazole rings is 1. The molecule has 0 atom stereocenters. The van der Waals surface area contributed by atoms with Crippen LogP contribution in [-0.2, 0) is 24.8 Å². The van der Waals surface area contributed by atoms with Crippen LogP contribution in [0.1, 0.15) is 42.9 Å². The Morgan fingerprint density at radius 1 is 0.603 bits per heavy atom. The molecule has 2 aliphatic heterocycles. The van der Waals surface area contributed by atoms with Gasteiger partial charge in [-0.1, -0.05) is 42.5 Å². The molecule has 0 bridgehead atoms. The molecule has 0 N–H and O–H groups in total. The normalized spacial score (nSPS) is 14.4. The van der Waals surface area contributed by atoms with Gasteiger partial charge in [0.25, 0.3) is 0 Å². The van der Waals surface area contributed by atoms with Crippen LogP contribution in [0.5, 0.6) is 11.6 Å². The zero-order valence-corrected chi connectivity index (χ0v) is 42.2. The summed E-state index contributed by atoms with van der Waals surface area (Å²) in [6.07, 6.45) is 0. The first kappa shape index (κ1) is 36.6. The summed E-state index contributed by atoms with van der Waals surface area (Å²) in [6, 6.07) is 66.4. The van der Waals surface area contributed by atoms with Gasteiger partial charge in [0.05, 0.1) is 0 Å². The first-order valence-corrected chi connectivity index (χ1v) is 25.2. The monoisotopic (exact) mass is 1130 g/mol. The van der Waals surface area contributed by atoms with Crippen LogP contribution >= 0.6 is 0 Å². The van der Waals surface area contributed by atoms with Gasteiger partial charge in [-0.2, -0.15) is 12.1 Å². The van der Waals surface area contributed by atoms with E-state index in [9.17, 15) is 2.74 Å². The maximum atomic E-state index is 9.21. The molecule has 0 saturated heterocycles. The second-order valence-electron chi connectivity index (χ2n) is 19.1. The van der Waals surface area contributed by atoms with Crippen LogP contribution in [0.25, 0.3) is 66.9 Å². The van der Waals surface area contributed by atoms with Crippen molar-refractivity contribution in [3.05, 3.63) is 245 Å². The molecular weight excluding hydrogens is 1070 g/mol. The van der Waals surface area contributed by atoms with Gasteiger partial charge in [-0.05, 0) is 11.6 Å². The Morgan fingerprint density at radius 3 is 2.07 bits per heavy atom. The van der Waals surface area contributed by atoms with Crippen molar-refractivity contribution in [3.8, 4) is 67.5 Å². The fraction of sp³-hybridized carbons (Fsp3) is 0.0769. The van der Waals surface area contributed by atoms with Crippen LogP contribution in [0.15, 0.2) is 218 Å². The van der Waals surface area contributed by atoms with Crippen LogP contribution < -0.4 is 19.8 Å². The summed E-state index contributed by atoms with van der Waals surface area (Å²) in [7, 11) is 0. The summed E-state index contributed by atoms with van der Waals surface area (Å²) in [4.78, 5) is 9.61. The number of rotatable bonds is 8. The molecule has 2 aliphatic rings. The van der Waals surface area contributed by atoms with E-state index in [0.717, 1.165) is 66.9 Å². The Hall–Kier alpha value is -8.25. The van der Waals surface area contributed by atoms with E-state index >= 15 is 0 Å². The number of anilines is 4. The zero-order valence-electron chi connectivity index (χ0n) is 47.9. The Balaban J connectivity index is 1.04. The first-order chi connectivity index (χ1) is 39.0. The van der Waals surface area contributed by atoms with E-state index in [4.69, 9.17) is 17.9 Å². The predicted molar refractivity (Wildman–Crippen MR) is 296 cm³/mol. The topological polar surface area (TPSA) is 38.5 Å². The average Bonchev–Trinajstić information content (AvgIpc) is 4.05. The molecule has 0 aliphatic carbocycles. The van der Waals surface area contributed by atoms with Gasteiger partial charge < -0.3 is 0 Å². The molecule has 0 radical (unpaired) electrons. The molecular formula is C65H48BN5OPt-2. The molecule has 0 amide bonds. The van der Waals surface area contributed by atoms with E-state index < -0.39 is 32.0 Å². The third-order valence-electron chi connectivity index (χ3n) is 13.7. The summed E-state index contributed by atoms with van der Waals surface area (Å²) in [5.41, 5.74) is 13.0. The molecule has 8 heteroatoms. The maximum absolute atomic E-state index is 9.21. The fourth-order valence-electron chi connectivity index (χ4n) is 10.6. The quantitative estimate of drug-likeness (QED) is 0.112. The number of fused-ring (bicyclic) bond motifs is 9. The van der Waals surface area contributed by atoms with Crippen molar-refractivity contribution in [2.75, 3.05) is 9.62 Å². The molecule has 0 unspecified atom stereocenters. The number of hydrogen-bond donors (Lipinski definition) is 0. The molecule has 2 aromatic heterocycles. The predicted octanol–water partition coefficient (Wildman–Crippen LogP) is 15.6.